The molecule has 0 saturated carbocycles. The van der Waals surface area contributed by atoms with Crippen molar-refractivity contribution in [2.75, 3.05) is 19.1 Å². The van der Waals surface area contributed by atoms with E-state index in [1.165, 1.54) is 0 Å². The molecule has 76 valence electrons. The second-order valence-electron chi connectivity index (χ2n) is 3.45. The molecule has 1 fully saturated rings. The van der Waals surface area contributed by atoms with Gasteiger partial charge in [0.25, 0.3) is 0 Å². The van der Waals surface area contributed by atoms with Gasteiger partial charge in [-0.1, -0.05) is 6.92 Å². The number of carbonyl (C=O) groups is 1. The molecule has 1 N–H and O–H groups in total. The highest BCUT2D eigenvalue weighted by atomic mass is 35.5. The van der Waals surface area contributed by atoms with Crippen LogP contribution in [0.1, 0.15) is 19.8 Å². The molecule has 0 spiro atoms. The van der Waals surface area contributed by atoms with Gasteiger partial charge in [0, 0.05) is 24.9 Å². The predicted molar refractivity (Wildman–Crippen MR) is 51.9 cm³/mol. The Hall–Kier alpha value is -0.280. The summed E-state index contributed by atoms with van der Waals surface area (Å²) in [5, 5.41) is 2.97. The van der Waals surface area contributed by atoms with Crippen LogP contribution in [0.25, 0.3) is 0 Å². The number of rotatable bonds is 3. The molecular formula is C9H16ClNO2. The van der Waals surface area contributed by atoms with Gasteiger partial charge in [-0.25, -0.2) is 0 Å². The zero-order chi connectivity index (χ0) is 9.68. The highest BCUT2D eigenvalue weighted by molar-refractivity contribution is 6.18. The fourth-order valence-corrected chi connectivity index (χ4v) is 1.63. The molecule has 2 atom stereocenters. The molecule has 0 aromatic heterocycles. The second-order valence-corrected chi connectivity index (χ2v) is 3.83. The minimum absolute atomic E-state index is 0.0498. The summed E-state index contributed by atoms with van der Waals surface area (Å²) in [5.41, 5.74) is 0. The third kappa shape index (κ3) is 3.53. The third-order valence-electron chi connectivity index (χ3n) is 2.31. The van der Waals surface area contributed by atoms with E-state index < -0.39 is 0 Å². The Bertz CT molecular complexity index is 175. The Kier molecular flexibility index (Phi) is 4.53. The standard InChI is InChI=1S/C9H16ClNO2/c1-7-6-13-5-3-8(7)11-9(12)2-4-10/h7-8H,2-6H2,1H3,(H,11,12). The molecule has 1 rings (SSSR count). The van der Waals surface area contributed by atoms with Gasteiger partial charge in [-0.15, -0.1) is 11.6 Å². The molecule has 1 amide bonds. The van der Waals surface area contributed by atoms with Crippen molar-refractivity contribution >= 4 is 17.5 Å². The van der Waals surface area contributed by atoms with Gasteiger partial charge in [-0.05, 0) is 12.3 Å². The summed E-state index contributed by atoms with van der Waals surface area (Å²) >= 11 is 5.46. The van der Waals surface area contributed by atoms with Gasteiger partial charge in [0.2, 0.25) is 5.91 Å². The maximum absolute atomic E-state index is 11.2. The van der Waals surface area contributed by atoms with E-state index in [2.05, 4.69) is 12.2 Å². The van der Waals surface area contributed by atoms with E-state index in [1.54, 1.807) is 0 Å². The topological polar surface area (TPSA) is 38.3 Å². The predicted octanol–water partition coefficient (Wildman–Crippen LogP) is 1.16. The van der Waals surface area contributed by atoms with Gasteiger partial charge in [-0.3, -0.25) is 4.79 Å². The van der Waals surface area contributed by atoms with Gasteiger partial charge in [0.05, 0.1) is 6.61 Å². The van der Waals surface area contributed by atoms with Gasteiger partial charge in [0.1, 0.15) is 0 Å². The minimum Gasteiger partial charge on any atom is -0.381 e. The van der Waals surface area contributed by atoms with Crippen LogP contribution in [0.5, 0.6) is 0 Å². The van der Waals surface area contributed by atoms with Crippen LogP contribution in [0.4, 0.5) is 0 Å². The largest absolute Gasteiger partial charge is 0.381 e. The third-order valence-corrected chi connectivity index (χ3v) is 2.50. The first kappa shape index (κ1) is 10.8. The normalized spacial score (nSPS) is 28.5. The molecule has 4 heteroatoms. The number of ether oxygens (including phenoxy) is 1. The molecule has 1 saturated heterocycles. The smallest absolute Gasteiger partial charge is 0.221 e. The Labute approximate surface area is 83.8 Å². The molecule has 13 heavy (non-hydrogen) atoms. The lowest BCUT2D eigenvalue weighted by atomic mass is 9.98. The van der Waals surface area contributed by atoms with Crippen molar-refractivity contribution < 1.29 is 9.53 Å². The van der Waals surface area contributed by atoms with E-state index in [0.717, 1.165) is 19.6 Å². The average Bonchev–Trinajstić information content (AvgIpc) is 2.09. The van der Waals surface area contributed by atoms with Crippen LogP contribution < -0.4 is 5.32 Å². The Balaban J connectivity index is 2.29. The first-order valence-corrected chi connectivity index (χ1v) is 5.20. The number of nitrogens with one attached hydrogen (secondary N) is 1. The van der Waals surface area contributed by atoms with E-state index >= 15 is 0 Å². The molecule has 1 heterocycles. The SMILES string of the molecule is CC1COCCC1NC(=O)CCCl. The lowest BCUT2D eigenvalue weighted by Crippen LogP contribution is -2.44. The number of amides is 1. The number of halogens is 1. The number of carbonyl (C=O) groups excluding carboxylic acids is 1. The van der Waals surface area contributed by atoms with Crippen LogP contribution in [-0.2, 0) is 9.53 Å². The number of alkyl halides is 1. The van der Waals surface area contributed by atoms with Gasteiger partial charge < -0.3 is 10.1 Å². The van der Waals surface area contributed by atoms with Gasteiger partial charge in [0.15, 0.2) is 0 Å². The van der Waals surface area contributed by atoms with Crippen molar-refractivity contribution in [1.29, 1.82) is 0 Å². The molecular weight excluding hydrogens is 190 g/mol. The Morgan fingerprint density at radius 3 is 3.08 bits per heavy atom. The minimum atomic E-state index is 0.0498. The summed E-state index contributed by atoms with van der Waals surface area (Å²) in [6, 6.07) is 0.268. The van der Waals surface area contributed by atoms with Crippen molar-refractivity contribution in [1.82, 2.24) is 5.32 Å². The molecule has 2 unspecified atom stereocenters. The Morgan fingerprint density at radius 2 is 2.46 bits per heavy atom. The van der Waals surface area contributed by atoms with Crippen molar-refractivity contribution in [2.24, 2.45) is 5.92 Å². The summed E-state index contributed by atoms with van der Waals surface area (Å²) in [5.74, 6) is 0.852. The van der Waals surface area contributed by atoms with E-state index in [4.69, 9.17) is 16.3 Å². The van der Waals surface area contributed by atoms with Gasteiger partial charge in [-0.2, -0.15) is 0 Å². The molecule has 0 aromatic rings. The van der Waals surface area contributed by atoms with Crippen molar-refractivity contribution in [2.45, 2.75) is 25.8 Å². The van der Waals surface area contributed by atoms with Crippen LogP contribution in [0.15, 0.2) is 0 Å². The molecule has 1 aliphatic heterocycles. The zero-order valence-electron chi connectivity index (χ0n) is 7.88. The van der Waals surface area contributed by atoms with E-state index in [1.807, 2.05) is 0 Å². The molecule has 0 aromatic carbocycles. The van der Waals surface area contributed by atoms with Crippen LogP contribution >= 0.6 is 11.6 Å². The van der Waals surface area contributed by atoms with E-state index in [0.29, 0.717) is 18.2 Å². The van der Waals surface area contributed by atoms with Crippen molar-refractivity contribution in [3.8, 4) is 0 Å². The monoisotopic (exact) mass is 205 g/mol. The maximum atomic E-state index is 11.2. The first-order chi connectivity index (χ1) is 6.24. The number of hydrogen-bond acceptors (Lipinski definition) is 2. The lowest BCUT2D eigenvalue weighted by Gasteiger charge is -2.29. The summed E-state index contributed by atoms with van der Waals surface area (Å²) < 4.78 is 5.28. The van der Waals surface area contributed by atoms with Crippen LogP contribution in [0.2, 0.25) is 0 Å². The summed E-state index contributed by atoms with van der Waals surface area (Å²) in [4.78, 5) is 11.2. The Morgan fingerprint density at radius 1 is 1.69 bits per heavy atom. The lowest BCUT2D eigenvalue weighted by molar-refractivity contribution is -0.122. The van der Waals surface area contributed by atoms with Gasteiger partial charge >= 0.3 is 0 Å². The highest BCUT2D eigenvalue weighted by Crippen LogP contribution is 2.13. The summed E-state index contributed by atoms with van der Waals surface area (Å²) in [6.07, 6.45) is 1.32. The van der Waals surface area contributed by atoms with Crippen molar-refractivity contribution in [3.63, 3.8) is 0 Å². The fraction of sp³-hybridized carbons (Fsp3) is 0.889. The summed E-state index contributed by atoms with van der Waals surface area (Å²) in [6.45, 7) is 3.58. The fourth-order valence-electron chi connectivity index (χ4n) is 1.46. The molecule has 0 aliphatic carbocycles. The van der Waals surface area contributed by atoms with Crippen LogP contribution in [0, 0.1) is 5.92 Å². The maximum Gasteiger partial charge on any atom is 0.221 e. The highest BCUT2D eigenvalue weighted by Gasteiger charge is 2.22. The van der Waals surface area contributed by atoms with E-state index in [9.17, 15) is 4.79 Å². The van der Waals surface area contributed by atoms with Crippen LogP contribution in [-0.4, -0.2) is 31.0 Å². The first-order valence-electron chi connectivity index (χ1n) is 4.67. The molecule has 3 nitrogen and oxygen atoms in total. The average molecular weight is 206 g/mol. The molecule has 1 aliphatic rings. The quantitative estimate of drug-likeness (QED) is 0.703. The molecule has 0 radical (unpaired) electrons. The molecule has 0 bridgehead atoms. The van der Waals surface area contributed by atoms with Crippen LogP contribution in [0.3, 0.4) is 0 Å². The second kappa shape index (κ2) is 5.45. The number of hydrogen-bond donors (Lipinski definition) is 1. The van der Waals surface area contributed by atoms with Crippen molar-refractivity contribution in [3.05, 3.63) is 0 Å². The summed E-state index contributed by atoms with van der Waals surface area (Å²) in [7, 11) is 0. The zero-order valence-corrected chi connectivity index (χ0v) is 8.64. The van der Waals surface area contributed by atoms with E-state index in [-0.39, 0.29) is 11.9 Å².